The van der Waals surface area contributed by atoms with E-state index >= 15 is 0 Å². The van der Waals surface area contributed by atoms with Crippen LogP contribution in [0.2, 0.25) is 0 Å². The summed E-state index contributed by atoms with van der Waals surface area (Å²) in [6.45, 7) is 7.28. The average Bonchev–Trinajstić information content (AvgIpc) is 2.66. The molecule has 1 fully saturated rings. The van der Waals surface area contributed by atoms with Crippen LogP contribution in [0.4, 0.5) is 5.69 Å². The normalized spacial score (nSPS) is 16.1. The van der Waals surface area contributed by atoms with Crippen molar-refractivity contribution in [2.24, 2.45) is 5.73 Å². The fourth-order valence-corrected chi connectivity index (χ4v) is 2.17. The maximum atomic E-state index is 11.8. The molecule has 0 aliphatic carbocycles. The van der Waals surface area contributed by atoms with E-state index in [9.17, 15) is 4.79 Å². The zero-order valence-electron chi connectivity index (χ0n) is 15.6. The van der Waals surface area contributed by atoms with Gasteiger partial charge in [0.25, 0.3) is 0 Å². The van der Waals surface area contributed by atoms with Crippen LogP contribution in [0.25, 0.3) is 0 Å². The number of nitrogens with one attached hydrogen (secondary N) is 1. The number of rotatable bonds is 6. The highest BCUT2D eigenvalue weighted by molar-refractivity contribution is 5.90. The Bertz CT molecular complexity index is 429. The Morgan fingerprint density at radius 3 is 2.50 bits per heavy atom. The third-order valence-electron chi connectivity index (χ3n) is 3.42. The summed E-state index contributed by atoms with van der Waals surface area (Å²) >= 11 is 0. The topological polar surface area (TPSA) is 73.6 Å². The molecule has 5 nitrogen and oxygen atoms in total. The Morgan fingerprint density at radius 2 is 1.96 bits per heavy atom. The van der Waals surface area contributed by atoms with Gasteiger partial charge in [0.15, 0.2) is 6.29 Å². The molecule has 24 heavy (non-hydrogen) atoms. The minimum absolute atomic E-state index is 0. The average molecular weight is 345 g/mol. The Kier molecular flexibility index (Phi) is 14.2. The van der Waals surface area contributed by atoms with Crippen LogP contribution in [0, 0.1) is 0 Å². The van der Waals surface area contributed by atoms with Gasteiger partial charge in [-0.25, -0.2) is 0 Å². The lowest BCUT2D eigenvalue weighted by Crippen LogP contribution is -2.24. The maximum absolute atomic E-state index is 11.8. The predicted octanol–water partition coefficient (Wildman–Crippen LogP) is 4.46. The molecule has 1 heterocycles. The zero-order valence-corrected chi connectivity index (χ0v) is 15.6. The lowest BCUT2D eigenvalue weighted by molar-refractivity contribution is -0.163. The molecule has 3 N–H and O–H groups in total. The molecule has 0 saturated carbocycles. The van der Waals surface area contributed by atoms with Gasteiger partial charge in [0.05, 0.1) is 13.0 Å². The number of carbonyl (C=O) groups excluding carboxylic acids is 1. The minimum atomic E-state index is -0.125. The molecule has 1 amide bonds. The van der Waals surface area contributed by atoms with Crippen LogP contribution in [0.15, 0.2) is 24.3 Å². The number of hydrogen-bond acceptors (Lipinski definition) is 4. The van der Waals surface area contributed by atoms with Crippen LogP contribution in [0.1, 0.15) is 56.3 Å². The molecule has 1 aliphatic rings. The van der Waals surface area contributed by atoms with Crippen molar-refractivity contribution < 1.29 is 18.5 Å². The standard InChI is InChI=1S/C16H23NO3.C2H6.CH5N.3H2/c1-2-13-6-8-14(9-7-13)17-15(18)10-12-20-16-5-3-4-11-19-16;2*1-2;;;/h6-9,16H,2-5,10-12H2,1H3,(H,17,18);1-2H3;2H2,1H3;3*1H. The second-order valence-corrected chi connectivity index (χ2v) is 5.02. The van der Waals surface area contributed by atoms with Crippen LogP contribution in [0.5, 0.6) is 0 Å². The van der Waals surface area contributed by atoms with Gasteiger partial charge in [0.1, 0.15) is 0 Å². The number of aryl methyl sites for hydroxylation is 1. The molecule has 2 rings (SSSR count). The van der Waals surface area contributed by atoms with E-state index in [-0.39, 0.29) is 16.5 Å². The van der Waals surface area contributed by atoms with E-state index in [0.717, 1.165) is 38.0 Å². The molecule has 1 aromatic carbocycles. The molecule has 1 aromatic rings. The molecule has 1 aliphatic heterocycles. The van der Waals surface area contributed by atoms with E-state index in [2.05, 4.69) is 18.0 Å². The lowest BCUT2D eigenvalue weighted by atomic mass is 10.1. The van der Waals surface area contributed by atoms with Gasteiger partial charge in [0.2, 0.25) is 5.91 Å². The van der Waals surface area contributed by atoms with E-state index in [0.29, 0.717) is 13.0 Å². The first kappa shape index (κ1) is 22.6. The van der Waals surface area contributed by atoms with Gasteiger partial charge in [-0.15, -0.1) is 0 Å². The molecule has 144 valence electrons. The molecule has 0 aromatic heterocycles. The van der Waals surface area contributed by atoms with Gasteiger partial charge in [-0.05, 0) is 50.4 Å². The third kappa shape index (κ3) is 9.65. The van der Waals surface area contributed by atoms with E-state index in [1.54, 1.807) is 0 Å². The number of anilines is 1. The summed E-state index contributed by atoms with van der Waals surface area (Å²) < 4.78 is 11.0. The van der Waals surface area contributed by atoms with E-state index in [1.165, 1.54) is 12.6 Å². The summed E-state index contributed by atoms with van der Waals surface area (Å²) in [5, 5.41) is 2.87. The predicted molar refractivity (Wildman–Crippen MR) is 106 cm³/mol. The minimum Gasteiger partial charge on any atom is -0.353 e. The maximum Gasteiger partial charge on any atom is 0.226 e. The smallest absolute Gasteiger partial charge is 0.226 e. The molecule has 5 heteroatoms. The summed E-state index contributed by atoms with van der Waals surface area (Å²) in [7, 11) is 1.50. The molecule has 1 atom stereocenters. The second-order valence-electron chi connectivity index (χ2n) is 5.02. The van der Waals surface area contributed by atoms with Crippen molar-refractivity contribution in [1.29, 1.82) is 0 Å². The van der Waals surface area contributed by atoms with Crippen molar-refractivity contribution in [2.75, 3.05) is 25.6 Å². The molecule has 1 saturated heterocycles. The van der Waals surface area contributed by atoms with Crippen molar-refractivity contribution in [3.8, 4) is 0 Å². The number of carbonyl (C=O) groups is 1. The van der Waals surface area contributed by atoms with Crippen LogP contribution < -0.4 is 11.1 Å². The number of amides is 1. The van der Waals surface area contributed by atoms with Gasteiger partial charge in [-0.1, -0.05) is 32.9 Å². The third-order valence-corrected chi connectivity index (χ3v) is 3.42. The summed E-state index contributed by atoms with van der Waals surface area (Å²) in [4.78, 5) is 11.8. The first-order valence-electron chi connectivity index (χ1n) is 8.97. The Balaban J connectivity index is -0.000000354. The van der Waals surface area contributed by atoms with Crippen LogP contribution in [-0.2, 0) is 20.7 Å². The van der Waals surface area contributed by atoms with Gasteiger partial charge >= 0.3 is 0 Å². The molecular formula is C19H40N2O3. The molecule has 0 bridgehead atoms. The first-order valence-corrected chi connectivity index (χ1v) is 8.97. The van der Waals surface area contributed by atoms with Gasteiger partial charge in [-0.2, -0.15) is 0 Å². The second kappa shape index (κ2) is 15.1. The van der Waals surface area contributed by atoms with Gasteiger partial charge in [-0.3, -0.25) is 4.79 Å². The zero-order chi connectivity index (χ0) is 18.2. The van der Waals surface area contributed by atoms with E-state index in [4.69, 9.17) is 9.47 Å². The van der Waals surface area contributed by atoms with Crippen LogP contribution in [-0.4, -0.2) is 32.5 Å². The highest BCUT2D eigenvalue weighted by atomic mass is 16.7. The number of hydrogen-bond donors (Lipinski definition) is 2. The van der Waals surface area contributed by atoms with E-state index in [1.807, 2.05) is 38.1 Å². The summed E-state index contributed by atoms with van der Waals surface area (Å²) in [6.07, 6.45) is 4.41. The molecule has 0 radical (unpaired) electrons. The number of benzene rings is 1. The van der Waals surface area contributed by atoms with Crippen LogP contribution >= 0.6 is 0 Å². The summed E-state index contributed by atoms with van der Waals surface area (Å²) in [6, 6.07) is 7.92. The van der Waals surface area contributed by atoms with Crippen molar-refractivity contribution in [3.63, 3.8) is 0 Å². The number of ether oxygens (including phenoxy) is 2. The quantitative estimate of drug-likeness (QED) is 0.799. The van der Waals surface area contributed by atoms with Gasteiger partial charge < -0.3 is 20.5 Å². The first-order chi connectivity index (χ1) is 11.8. The lowest BCUT2D eigenvalue weighted by Gasteiger charge is -2.22. The Labute approximate surface area is 151 Å². The van der Waals surface area contributed by atoms with Crippen molar-refractivity contribution >= 4 is 11.6 Å². The fourth-order valence-electron chi connectivity index (χ4n) is 2.17. The number of nitrogens with two attached hydrogens (primary N) is 1. The SMILES string of the molecule is CC.CCc1ccc(NC(=O)CCOC2CCCCO2)cc1.CN.[HH].[HH].[HH]. The molecular weight excluding hydrogens is 304 g/mol. The molecule has 0 spiro atoms. The fraction of sp³-hybridized carbons (Fsp3) is 0.632. The van der Waals surface area contributed by atoms with Crippen LogP contribution in [0.3, 0.4) is 0 Å². The van der Waals surface area contributed by atoms with E-state index < -0.39 is 0 Å². The summed E-state index contributed by atoms with van der Waals surface area (Å²) in [5.74, 6) is -0.0231. The van der Waals surface area contributed by atoms with Crippen molar-refractivity contribution in [3.05, 3.63) is 29.8 Å². The van der Waals surface area contributed by atoms with Crippen molar-refractivity contribution in [2.45, 2.75) is 59.2 Å². The van der Waals surface area contributed by atoms with Crippen molar-refractivity contribution in [1.82, 2.24) is 0 Å². The summed E-state index contributed by atoms with van der Waals surface area (Å²) in [5.41, 5.74) is 6.60. The van der Waals surface area contributed by atoms with Gasteiger partial charge in [0, 0.05) is 16.6 Å². The highest BCUT2D eigenvalue weighted by Crippen LogP contribution is 2.14. The Hall–Kier alpha value is -1.43. The Morgan fingerprint density at radius 1 is 1.29 bits per heavy atom. The monoisotopic (exact) mass is 344 g/mol. The largest absolute Gasteiger partial charge is 0.353 e. The molecule has 1 unspecified atom stereocenters. The highest BCUT2D eigenvalue weighted by Gasteiger charge is 2.14.